The van der Waals surface area contributed by atoms with E-state index in [1.54, 1.807) is 36.4 Å². The van der Waals surface area contributed by atoms with Crippen LogP contribution in [0.25, 0.3) is 0 Å². The molecule has 1 amide bonds. The standard InChI is InChI=1S/C18H18N2O5S/c1-26(22,23)20-8-2-3-12-9-13(4-6-15(12)20)18(21)19-14-5-7-16-17(10-14)25-11-24-16/h4-7,9-10H,2-3,8,11H2,1H3,(H,19,21). The highest BCUT2D eigenvalue weighted by molar-refractivity contribution is 7.92. The van der Waals surface area contributed by atoms with E-state index in [9.17, 15) is 13.2 Å². The summed E-state index contributed by atoms with van der Waals surface area (Å²) >= 11 is 0. The van der Waals surface area contributed by atoms with Gasteiger partial charge in [0, 0.05) is 23.9 Å². The number of ether oxygens (including phenoxy) is 2. The van der Waals surface area contributed by atoms with Gasteiger partial charge in [0.2, 0.25) is 16.8 Å². The molecule has 0 spiro atoms. The van der Waals surface area contributed by atoms with Crippen molar-refractivity contribution in [2.45, 2.75) is 12.8 Å². The number of nitrogens with zero attached hydrogens (tertiary/aromatic N) is 1. The summed E-state index contributed by atoms with van der Waals surface area (Å²) < 4.78 is 35.8. The largest absolute Gasteiger partial charge is 0.454 e. The Kier molecular flexibility index (Phi) is 3.99. The van der Waals surface area contributed by atoms with Crippen LogP contribution in [-0.2, 0) is 16.4 Å². The zero-order valence-electron chi connectivity index (χ0n) is 14.2. The highest BCUT2D eigenvalue weighted by Gasteiger charge is 2.24. The van der Waals surface area contributed by atoms with E-state index in [1.807, 2.05) is 0 Å². The minimum absolute atomic E-state index is 0.175. The average Bonchev–Trinajstić information content (AvgIpc) is 3.07. The molecule has 2 aliphatic rings. The van der Waals surface area contributed by atoms with E-state index >= 15 is 0 Å². The molecule has 7 nitrogen and oxygen atoms in total. The Labute approximate surface area is 151 Å². The van der Waals surface area contributed by atoms with Crippen molar-refractivity contribution in [3.05, 3.63) is 47.5 Å². The summed E-state index contributed by atoms with van der Waals surface area (Å²) in [7, 11) is -3.32. The molecule has 2 aromatic carbocycles. The second-order valence-corrected chi connectivity index (χ2v) is 8.21. The van der Waals surface area contributed by atoms with Gasteiger partial charge in [0.15, 0.2) is 11.5 Å². The molecule has 2 aliphatic heterocycles. The van der Waals surface area contributed by atoms with Crippen LogP contribution in [0.5, 0.6) is 11.5 Å². The van der Waals surface area contributed by atoms with Gasteiger partial charge in [0.25, 0.3) is 5.91 Å². The molecule has 26 heavy (non-hydrogen) atoms. The van der Waals surface area contributed by atoms with Gasteiger partial charge in [0.05, 0.1) is 11.9 Å². The van der Waals surface area contributed by atoms with Gasteiger partial charge < -0.3 is 14.8 Å². The lowest BCUT2D eigenvalue weighted by Gasteiger charge is -2.29. The first-order chi connectivity index (χ1) is 12.4. The van der Waals surface area contributed by atoms with Crippen LogP contribution >= 0.6 is 0 Å². The molecule has 0 atom stereocenters. The van der Waals surface area contributed by atoms with Gasteiger partial charge >= 0.3 is 0 Å². The van der Waals surface area contributed by atoms with Crippen molar-refractivity contribution in [2.24, 2.45) is 0 Å². The van der Waals surface area contributed by atoms with E-state index in [0.717, 1.165) is 18.4 Å². The lowest BCUT2D eigenvalue weighted by atomic mass is 10.0. The third-order valence-corrected chi connectivity index (χ3v) is 5.63. The quantitative estimate of drug-likeness (QED) is 0.892. The number of anilines is 2. The molecule has 0 radical (unpaired) electrons. The fourth-order valence-electron chi connectivity index (χ4n) is 3.23. The molecule has 0 aliphatic carbocycles. The lowest BCUT2D eigenvalue weighted by molar-refractivity contribution is 0.102. The number of carbonyl (C=O) groups is 1. The van der Waals surface area contributed by atoms with Gasteiger partial charge in [-0.15, -0.1) is 0 Å². The van der Waals surface area contributed by atoms with Gasteiger partial charge in [-0.3, -0.25) is 9.10 Å². The molecule has 136 valence electrons. The second-order valence-electron chi connectivity index (χ2n) is 6.30. The Bertz CT molecular complexity index is 987. The van der Waals surface area contributed by atoms with E-state index in [4.69, 9.17) is 9.47 Å². The lowest BCUT2D eigenvalue weighted by Crippen LogP contribution is -2.34. The maximum atomic E-state index is 12.6. The highest BCUT2D eigenvalue weighted by Crippen LogP contribution is 2.34. The van der Waals surface area contributed by atoms with Crippen molar-refractivity contribution in [3.63, 3.8) is 0 Å². The van der Waals surface area contributed by atoms with Gasteiger partial charge in [-0.2, -0.15) is 0 Å². The summed E-state index contributed by atoms with van der Waals surface area (Å²) in [6.07, 6.45) is 2.67. The first kappa shape index (κ1) is 16.7. The van der Waals surface area contributed by atoms with Crippen molar-refractivity contribution in [1.29, 1.82) is 0 Å². The van der Waals surface area contributed by atoms with Gasteiger partial charge in [-0.1, -0.05) is 0 Å². The first-order valence-corrected chi connectivity index (χ1v) is 10.1. The summed E-state index contributed by atoms with van der Waals surface area (Å²) in [6.45, 7) is 0.642. The molecule has 1 N–H and O–H groups in total. The molecule has 0 aromatic heterocycles. The van der Waals surface area contributed by atoms with Crippen molar-refractivity contribution < 1.29 is 22.7 Å². The molecule has 0 saturated heterocycles. The summed E-state index contributed by atoms with van der Waals surface area (Å²) in [5.41, 5.74) is 2.60. The highest BCUT2D eigenvalue weighted by atomic mass is 32.2. The molecule has 0 saturated carbocycles. The molecule has 2 heterocycles. The van der Waals surface area contributed by atoms with Crippen molar-refractivity contribution in [2.75, 3.05) is 29.2 Å². The smallest absolute Gasteiger partial charge is 0.255 e. The average molecular weight is 374 g/mol. The van der Waals surface area contributed by atoms with Crippen LogP contribution in [-0.4, -0.2) is 33.9 Å². The van der Waals surface area contributed by atoms with Gasteiger partial charge in [-0.25, -0.2) is 8.42 Å². The molecular formula is C18H18N2O5S. The molecule has 4 rings (SSSR count). The maximum absolute atomic E-state index is 12.6. The zero-order chi connectivity index (χ0) is 18.3. The molecule has 2 aromatic rings. The number of benzene rings is 2. The minimum atomic E-state index is -3.32. The Balaban J connectivity index is 1.57. The Morgan fingerprint density at radius 2 is 1.92 bits per heavy atom. The number of hydrogen-bond donors (Lipinski definition) is 1. The molecule has 8 heteroatoms. The summed E-state index contributed by atoms with van der Waals surface area (Å²) in [5, 5.41) is 2.83. The van der Waals surface area contributed by atoms with Crippen molar-refractivity contribution >= 4 is 27.3 Å². The van der Waals surface area contributed by atoms with Gasteiger partial charge in [-0.05, 0) is 48.7 Å². The predicted octanol–water partition coefficient (Wildman–Crippen LogP) is 2.38. The second kappa shape index (κ2) is 6.21. The number of aryl methyl sites for hydroxylation is 1. The normalized spacial score (nSPS) is 15.5. The van der Waals surface area contributed by atoms with Crippen LogP contribution in [0, 0.1) is 0 Å². The minimum Gasteiger partial charge on any atom is -0.454 e. The summed E-state index contributed by atoms with van der Waals surface area (Å²) in [6, 6.07) is 10.3. The van der Waals surface area contributed by atoms with E-state index in [1.165, 1.54) is 10.6 Å². The Morgan fingerprint density at radius 3 is 2.73 bits per heavy atom. The van der Waals surface area contributed by atoms with E-state index in [-0.39, 0.29) is 12.7 Å². The van der Waals surface area contributed by atoms with Crippen molar-refractivity contribution in [1.82, 2.24) is 0 Å². The summed E-state index contributed by atoms with van der Waals surface area (Å²) in [4.78, 5) is 12.6. The fourth-order valence-corrected chi connectivity index (χ4v) is 4.22. The topological polar surface area (TPSA) is 84.9 Å². The number of carbonyl (C=O) groups excluding carboxylic acids is 1. The third-order valence-electron chi connectivity index (χ3n) is 4.45. The number of nitrogens with one attached hydrogen (secondary N) is 1. The number of fused-ring (bicyclic) bond motifs is 2. The third kappa shape index (κ3) is 3.08. The van der Waals surface area contributed by atoms with E-state index in [2.05, 4.69) is 5.32 Å². The van der Waals surface area contributed by atoms with Crippen LogP contribution in [0.2, 0.25) is 0 Å². The number of amides is 1. The van der Waals surface area contributed by atoms with Crippen LogP contribution in [0.3, 0.4) is 0 Å². The van der Waals surface area contributed by atoms with E-state index in [0.29, 0.717) is 35.0 Å². The van der Waals surface area contributed by atoms with Crippen LogP contribution in [0.15, 0.2) is 36.4 Å². The number of hydrogen-bond acceptors (Lipinski definition) is 5. The van der Waals surface area contributed by atoms with Crippen molar-refractivity contribution in [3.8, 4) is 11.5 Å². The van der Waals surface area contributed by atoms with Crippen LogP contribution in [0.4, 0.5) is 11.4 Å². The first-order valence-electron chi connectivity index (χ1n) is 8.23. The van der Waals surface area contributed by atoms with E-state index < -0.39 is 10.0 Å². The van der Waals surface area contributed by atoms with Crippen LogP contribution < -0.4 is 19.1 Å². The van der Waals surface area contributed by atoms with Crippen LogP contribution in [0.1, 0.15) is 22.3 Å². The predicted molar refractivity (Wildman–Crippen MR) is 97.5 cm³/mol. The maximum Gasteiger partial charge on any atom is 0.255 e. The number of sulfonamides is 1. The Hall–Kier alpha value is -2.74. The monoisotopic (exact) mass is 374 g/mol. The summed E-state index contributed by atoms with van der Waals surface area (Å²) in [5.74, 6) is 0.984. The number of rotatable bonds is 3. The zero-order valence-corrected chi connectivity index (χ0v) is 15.0. The van der Waals surface area contributed by atoms with Gasteiger partial charge in [0.1, 0.15) is 0 Å². The molecular weight excluding hydrogens is 356 g/mol. The molecule has 0 unspecified atom stereocenters. The SMILES string of the molecule is CS(=O)(=O)N1CCCc2cc(C(=O)Nc3ccc4c(c3)OCO4)ccc21. The molecule has 0 bridgehead atoms. The molecule has 0 fully saturated rings. The fraction of sp³-hybridized carbons (Fsp3) is 0.278. The Morgan fingerprint density at radius 1 is 1.12 bits per heavy atom.